The van der Waals surface area contributed by atoms with Gasteiger partial charge in [0.2, 0.25) is 0 Å². The first kappa shape index (κ1) is 75.7. The number of fused-ring (bicyclic) bond motifs is 30. The first-order chi connectivity index (χ1) is 65.2. The van der Waals surface area contributed by atoms with Crippen LogP contribution in [0.15, 0.2) is 423 Å². The van der Waals surface area contributed by atoms with Crippen LogP contribution >= 0.6 is 56.7 Å². The maximum Gasteiger partial charge on any atom is 0.143 e. The van der Waals surface area contributed by atoms with Gasteiger partial charge in [0.15, 0.2) is 0 Å². The smallest absolute Gasteiger partial charge is 0.143 e. The van der Waals surface area contributed by atoms with Gasteiger partial charge in [0, 0.05) is 200 Å². The molecule has 29 aromatic rings. The summed E-state index contributed by atoms with van der Waals surface area (Å²) in [6.07, 6.45) is 0. The number of furan rings is 1. The first-order valence-corrected chi connectivity index (χ1v) is 49.1. The van der Waals surface area contributed by atoms with Gasteiger partial charge in [0.05, 0.1) is 33.1 Å². The summed E-state index contributed by atoms with van der Waals surface area (Å²) in [6, 6.07) is 154. The molecule has 0 N–H and O–H groups in total. The van der Waals surface area contributed by atoms with E-state index in [4.69, 9.17) is 4.42 Å². The zero-order valence-corrected chi connectivity index (χ0v) is 75.7. The van der Waals surface area contributed by atoms with Gasteiger partial charge in [0.1, 0.15) is 11.2 Å². The summed E-state index contributed by atoms with van der Waals surface area (Å²) in [5.41, 5.74) is 28.5. The monoisotopic (exact) mass is 1770 g/mol. The quantitative estimate of drug-likeness (QED) is 0.156. The van der Waals surface area contributed by atoms with Crippen LogP contribution in [0.5, 0.6) is 0 Å². The fraction of sp³-hybridized carbons (Fsp3) is 0.0244. The summed E-state index contributed by atoms with van der Waals surface area (Å²) >= 11 is 9.49. The van der Waals surface area contributed by atoms with Gasteiger partial charge in [-0.2, -0.15) is 0 Å². The molecule has 20 aromatic carbocycles. The molecule has 132 heavy (non-hydrogen) atoms. The summed E-state index contributed by atoms with van der Waals surface area (Å²) < 4.78 is 27.2. The van der Waals surface area contributed by atoms with Gasteiger partial charge in [-0.05, 0) is 155 Å². The van der Waals surface area contributed by atoms with Gasteiger partial charge >= 0.3 is 0 Å². The Kier molecular flexibility index (Phi) is 16.8. The van der Waals surface area contributed by atoms with Crippen molar-refractivity contribution in [1.82, 2.24) is 13.7 Å². The van der Waals surface area contributed by atoms with Crippen LogP contribution in [0.1, 0.15) is 25.0 Å². The third kappa shape index (κ3) is 11.4. The molecule has 4 nitrogen and oxygen atoms in total. The predicted molar refractivity (Wildman–Crippen MR) is 573 cm³/mol. The number of aromatic nitrogens is 3. The lowest BCUT2D eigenvalue weighted by atomic mass is 9.82. The molecule has 9 heterocycles. The summed E-state index contributed by atoms with van der Waals surface area (Å²) in [4.78, 5) is 0. The minimum atomic E-state index is -0.0615. The standard InChI is InChI=1S/C45H29NOS.C42H25NS2.C36H21NS2/c1-45(2)37-18-6-3-11-27(37)34-24-35-28-12-4-7-19-39(28)46(40(35)25-38(34)45)26-21-22-42-36(23-26)33-17-10-16-32(44(33)48-42)31-15-9-14-30-29-13-5-8-20-41(29)47-43(30)31;1-2-10-26(11-3-1)27-20-22-38-35(24-27)29-12-4-6-18-37(29)43(38)28-21-23-40-36(25-28)34-17-9-16-33(42(34)45-40)32-15-8-14-31-30-13-5-7-19-39(30)44-41(31)32;1-4-16-31-23(9-1)24-10-2-5-17-32(24)37(31)22-19-20-34-30(21-22)29-15-8-14-28(36(29)39-34)27-13-7-12-26-25-11-3-6-18-33(25)38-35(26)27/h3-25H,1-2H3;1-25H;1-21H. The second kappa shape index (κ2) is 29.4. The Morgan fingerprint density at radius 2 is 0.523 bits per heavy atom. The molecule has 30 rings (SSSR count). The predicted octanol–water partition coefficient (Wildman–Crippen LogP) is 37.1. The molecule has 0 spiro atoms. The number of hydrogen-bond donors (Lipinski definition) is 0. The molecular weight excluding hydrogens is 1700 g/mol. The Labute approximate surface area is 778 Å². The third-order valence-electron chi connectivity index (χ3n) is 28.0. The molecule has 1 aliphatic carbocycles. The fourth-order valence-corrected chi connectivity index (χ4v) is 28.1. The zero-order valence-electron chi connectivity index (χ0n) is 71.6. The molecule has 618 valence electrons. The highest BCUT2D eigenvalue weighted by atomic mass is 32.1. The largest absolute Gasteiger partial charge is 0.455 e. The average Bonchev–Trinajstić information content (AvgIpc) is 1.54. The van der Waals surface area contributed by atoms with E-state index in [9.17, 15) is 0 Å². The van der Waals surface area contributed by atoms with Crippen molar-refractivity contribution in [2.45, 2.75) is 19.3 Å². The lowest BCUT2D eigenvalue weighted by Gasteiger charge is -2.21. The summed E-state index contributed by atoms with van der Waals surface area (Å²) in [7, 11) is 0. The van der Waals surface area contributed by atoms with Gasteiger partial charge in [0.25, 0.3) is 0 Å². The lowest BCUT2D eigenvalue weighted by molar-refractivity contribution is 0.661. The van der Waals surface area contributed by atoms with E-state index >= 15 is 0 Å². The Morgan fingerprint density at radius 3 is 1.00 bits per heavy atom. The Morgan fingerprint density at radius 1 is 0.189 bits per heavy atom. The highest BCUT2D eigenvalue weighted by Crippen LogP contribution is 2.55. The Balaban J connectivity index is 0.0000000996. The highest BCUT2D eigenvalue weighted by Gasteiger charge is 2.37. The molecule has 0 radical (unpaired) electrons. The number of nitrogens with zero attached hydrogens (tertiary/aromatic N) is 3. The van der Waals surface area contributed by atoms with Crippen molar-refractivity contribution >= 4 is 245 Å². The van der Waals surface area contributed by atoms with Crippen LogP contribution in [-0.2, 0) is 5.41 Å². The van der Waals surface area contributed by atoms with E-state index < -0.39 is 0 Å². The van der Waals surface area contributed by atoms with Crippen LogP contribution in [0, 0.1) is 0 Å². The van der Waals surface area contributed by atoms with E-state index in [0.29, 0.717) is 0 Å². The fourth-order valence-electron chi connectivity index (χ4n) is 22.0. The van der Waals surface area contributed by atoms with Crippen molar-refractivity contribution in [3.63, 3.8) is 0 Å². The summed E-state index contributed by atoms with van der Waals surface area (Å²) in [5.74, 6) is 0. The minimum absolute atomic E-state index is 0.0615. The van der Waals surface area contributed by atoms with Gasteiger partial charge in [-0.15, -0.1) is 56.7 Å². The van der Waals surface area contributed by atoms with Gasteiger partial charge in [-0.3, -0.25) is 0 Å². The third-order valence-corrected chi connectivity index (χ3v) is 34.1. The molecule has 9 aromatic heterocycles. The topological polar surface area (TPSA) is 27.9 Å². The van der Waals surface area contributed by atoms with E-state index in [0.717, 1.165) is 27.5 Å². The van der Waals surface area contributed by atoms with Crippen LogP contribution in [0.4, 0.5) is 0 Å². The normalized spacial score (nSPS) is 12.7. The van der Waals surface area contributed by atoms with E-state index in [-0.39, 0.29) is 5.41 Å². The van der Waals surface area contributed by atoms with E-state index in [2.05, 4.69) is 440 Å². The average molecular weight is 1770 g/mol. The lowest BCUT2D eigenvalue weighted by Crippen LogP contribution is -2.14. The first-order valence-electron chi connectivity index (χ1n) is 45.1. The van der Waals surface area contributed by atoms with Crippen molar-refractivity contribution in [1.29, 1.82) is 0 Å². The number of para-hydroxylation sites is 6. The van der Waals surface area contributed by atoms with Crippen molar-refractivity contribution in [2.75, 3.05) is 0 Å². The number of thiophene rings is 5. The molecule has 1 aliphatic rings. The van der Waals surface area contributed by atoms with E-state index in [1.54, 1.807) is 0 Å². The highest BCUT2D eigenvalue weighted by molar-refractivity contribution is 7.28. The number of hydrogen-bond acceptors (Lipinski definition) is 6. The van der Waals surface area contributed by atoms with Gasteiger partial charge < -0.3 is 18.1 Å². The summed E-state index contributed by atoms with van der Waals surface area (Å²) in [6.45, 7) is 4.73. The SMILES string of the molecule is CC1(C)c2ccccc2-c2cc3c4ccccc4n(-c4ccc5sc6c(-c7cccc8c7oc7ccccc78)cccc6c5c4)c3cc21.c1ccc(-c2ccc3c(c2)c2ccccc2n3-c2ccc3sc4c(-c5cccc6c5sc5ccccc56)cccc4c3c2)cc1.c1ccc2c(c1)sc1c(-c3cccc4c3sc3ccc(-n5c6ccccc6c6ccccc65)cc34)cccc12. The van der Waals surface area contributed by atoms with Crippen molar-refractivity contribution in [3.8, 4) is 72.7 Å². The van der Waals surface area contributed by atoms with E-state index in [1.807, 2.05) is 62.8 Å². The second-order valence-electron chi connectivity index (χ2n) is 35.5. The molecule has 0 atom stereocenters. The second-order valence-corrected chi connectivity index (χ2v) is 40.8. The molecule has 0 aliphatic heterocycles. The van der Waals surface area contributed by atoms with Crippen LogP contribution in [0.25, 0.3) is 261 Å². The molecule has 0 bridgehead atoms. The minimum Gasteiger partial charge on any atom is -0.455 e. The van der Waals surface area contributed by atoms with Crippen LogP contribution in [0.3, 0.4) is 0 Å². The number of benzene rings is 20. The number of rotatable bonds is 7. The van der Waals surface area contributed by atoms with Crippen LogP contribution in [-0.4, -0.2) is 13.7 Å². The van der Waals surface area contributed by atoms with Crippen molar-refractivity contribution in [3.05, 3.63) is 430 Å². The molecule has 0 saturated heterocycles. The van der Waals surface area contributed by atoms with Gasteiger partial charge in [-0.25, -0.2) is 0 Å². The van der Waals surface area contributed by atoms with Gasteiger partial charge in [-0.1, -0.05) is 311 Å². The summed E-state index contributed by atoms with van der Waals surface area (Å²) in [5, 5.41) is 23.3. The van der Waals surface area contributed by atoms with Crippen LogP contribution in [0.2, 0.25) is 0 Å². The maximum absolute atomic E-state index is 6.48. The molecule has 9 heteroatoms. The zero-order chi connectivity index (χ0) is 86.7. The molecule has 0 saturated carbocycles. The molecule has 0 fully saturated rings. The van der Waals surface area contributed by atoms with Crippen LogP contribution < -0.4 is 0 Å². The van der Waals surface area contributed by atoms with Crippen molar-refractivity contribution < 1.29 is 4.42 Å². The Bertz CT molecular complexity index is 9890. The molecule has 0 amide bonds. The molecule has 0 unspecified atom stereocenters. The van der Waals surface area contributed by atoms with E-state index in [1.165, 1.54) is 245 Å². The Hall–Kier alpha value is -15.3. The van der Waals surface area contributed by atoms with Crippen molar-refractivity contribution in [2.24, 2.45) is 0 Å². The molecular formula is C123H75N3OS5. The maximum atomic E-state index is 6.48.